The van der Waals surface area contributed by atoms with E-state index in [-0.39, 0.29) is 29.1 Å². The third-order valence-electron chi connectivity index (χ3n) is 8.20. The Morgan fingerprint density at radius 3 is 2.50 bits per heavy atom. The fourth-order valence-electron chi connectivity index (χ4n) is 5.91. The number of rotatable bonds is 7. The molecule has 0 spiro atoms. The van der Waals surface area contributed by atoms with Gasteiger partial charge in [-0.25, -0.2) is 8.78 Å². The Balaban J connectivity index is 1.53. The van der Waals surface area contributed by atoms with Gasteiger partial charge in [0.2, 0.25) is 0 Å². The molecule has 1 heterocycles. The summed E-state index contributed by atoms with van der Waals surface area (Å²) in [6.07, 6.45) is 1.95. The van der Waals surface area contributed by atoms with Gasteiger partial charge in [-0.15, -0.1) is 0 Å². The lowest BCUT2D eigenvalue weighted by atomic mass is 9.51. The highest BCUT2D eigenvalue weighted by Gasteiger charge is 2.56. The molecule has 1 aliphatic heterocycles. The number of hydrogen-bond donors (Lipinski definition) is 1. The number of halogens is 2. The number of anilines is 1. The zero-order valence-electron chi connectivity index (χ0n) is 20.0. The second-order valence-corrected chi connectivity index (χ2v) is 10.2. The Morgan fingerprint density at radius 1 is 1.12 bits per heavy atom. The van der Waals surface area contributed by atoms with E-state index in [4.69, 9.17) is 4.74 Å². The van der Waals surface area contributed by atoms with Gasteiger partial charge in [-0.3, -0.25) is 4.90 Å². The van der Waals surface area contributed by atoms with E-state index in [2.05, 4.69) is 56.1 Å². The van der Waals surface area contributed by atoms with Crippen LogP contribution in [0.5, 0.6) is 0 Å². The van der Waals surface area contributed by atoms with Crippen molar-refractivity contribution in [3.63, 3.8) is 0 Å². The Morgan fingerprint density at radius 2 is 1.81 bits per heavy atom. The van der Waals surface area contributed by atoms with Gasteiger partial charge in [-0.2, -0.15) is 0 Å². The summed E-state index contributed by atoms with van der Waals surface area (Å²) in [5, 5.41) is 3.56. The van der Waals surface area contributed by atoms with Gasteiger partial charge in [0, 0.05) is 35.8 Å². The molecule has 3 atom stereocenters. The van der Waals surface area contributed by atoms with Gasteiger partial charge < -0.3 is 10.1 Å². The van der Waals surface area contributed by atoms with Gasteiger partial charge in [-0.05, 0) is 68.0 Å². The fourth-order valence-corrected chi connectivity index (χ4v) is 5.91. The minimum absolute atomic E-state index is 0.00720. The van der Waals surface area contributed by atoms with Crippen molar-refractivity contribution in [1.29, 1.82) is 0 Å². The molecule has 1 saturated heterocycles. The molecule has 1 aliphatic carbocycles. The average Bonchev–Trinajstić information content (AvgIpc) is 2.73. The summed E-state index contributed by atoms with van der Waals surface area (Å²) < 4.78 is 33.9. The summed E-state index contributed by atoms with van der Waals surface area (Å²) in [5.41, 5.74) is 4.38. The Hall–Kier alpha value is -1.98. The van der Waals surface area contributed by atoms with Crippen LogP contribution in [0.15, 0.2) is 36.4 Å². The monoisotopic (exact) mass is 442 g/mol. The number of likely N-dealkylation sites (tertiary alicyclic amines) is 1. The number of benzene rings is 2. The van der Waals surface area contributed by atoms with Gasteiger partial charge >= 0.3 is 0 Å². The van der Waals surface area contributed by atoms with Gasteiger partial charge in [-0.1, -0.05) is 39.0 Å². The van der Waals surface area contributed by atoms with Gasteiger partial charge in [0.15, 0.2) is 0 Å². The molecule has 5 heteroatoms. The van der Waals surface area contributed by atoms with Crippen molar-refractivity contribution < 1.29 is 13.5 Å². The second-order valence-electron chi connectivity index (χ2n) is 10.2. The molecule has 1 N–H and O–H groups in total. The van der Waals surface area contributed by atoms with Crippen LogP contribution in [0.2, 0.25) is 0 Å². The van der Waals surface area contributed by atoms with E-state index >= 15 is 0 Å². The first-order valence-electron chi connectivity index (χ1n) is 11.8. The molecule has 0 radical (unpaired) electrons. The van der Waals surface area contributed by atoms with Crippen LogP contribution in [0.3, 0.4) is 0 Å². The molecular weight excluding hydrogens is 406 g/mol. The second kappa shape index (κ2) is 8.75. The van der Waals surface area contributed by atoms with E-state index in [9.17, 15) is 8.78 Å². The highest BCUT2D eigenvalue weighted by Crippen LogP contribution is 2.57. The first kappa shape index (κ1) is 23.2. The van der Waals surface area contributed by atoms with E-state index < -0.39 is 11.6 Å². The highest BCUT2D eigenvalue weighted by molar-refractivity contribution is 5.59. The van der Waals surface area contributed by atoms with Crippen LogP contribution in [0.25, 0.3) is 0 Å². The fraction of sp³-hybridized carbons (Fsp3) is 0.556. The smallest absolute Gasteiger partial charge is 0.131 e. The molecule has 32 heavy (non-hydrogen) atoms. The topological polar surface area (TPSA) is 24.5 Å². The number of ether oxygens (including phenoxy) is 1. The van der Waals surface area contributed by atoms with E-state index in [1.807, 2.05) is 6.92 Å². The molecule has 3 unspecified atom stereocenters. The van der Waals surface area contributed by atoms with Crippen LogP contribution < -0.4 is 5.32 Å². The molecule has 174 valence electrons. The van der Waals surface area contributed by atoms with Gasteiger partial charge in [0.1, 0.15) is 11.6 Å². The Labute approximate surface area is 191 Å². The van der Waals surface area contributed by atoms with E-state index in [1.165, 1.54) is 35.0 Å². The number of hydrogen-bond acceptors (Lipinski definition) is 3. The maximum atomic E-state index is 14.0. The van der Waals surface area contributed by atoms with Gasteiger partial charge in [0.05, 0.1) is 12.7 Å². The van der Waals surface area contributed by atoms with Crippen molar-refractivity contribution in [2.45, 2.75) is 71.6 Å². The molecule has 2 aliphatic rings. The molecule has 2 bridgehead atoms. The van der Waals surface area contributed by atoms with Crippen LogP contribution in [-0.4, -0.2) is 36.7 Å². The molecule has 3 nitrogen and oxygen atoms in total. The summed E-state index contributed by atoms with van der Waals surface area (Å²) >= 11 is 0. The summed E-state index contributed by atoms with van der Waals surface area (Å²) in [7, 11) is 0. The van der Waals surface area contributed by atoms with Crippen LogP contribution in [0.4, 0.5) is 14.5 Å². The number of nitrogens with zero attached hydrogens (tertiary/aromatic N) is 1. The van der Waals surface area contributed by atoms with E-state index in [0.717, 1.165) is 32.5 Å². The zero-order valence-corrected chi connectivity index (χ0v) is 20.0. The van der Waals surface area contributed by atoms with Crippen molar-refractivity contribution >= 4 is 5.69 Å². The van der Waals surface area contributed by atoms with Crippen LogP contribution in [0, 0.1) is 17.0 Å². The first-order valence-corrected chi connectivity index (χ1v) is 11.8. The minimum atomic E-state index is -0.549. The molecule has 0 saturated carbocycles. The predicted molar refractivity (Wildman–Crippen MR) is 126 cm³/mol. The summed E-state index contributed by atoms with van der Waals surface area (Å²) in [6.45, 7) is 14.0. The van der Waals surface area contributed by atoms with Crippen molar-refractivity contribution in [2.75, 3.05) is 25.0 Å². The maximum absolute atomic E-state index is 14.0. The molecule has 2 aromatic rings. The van der Waals surface area contributed by atoms with E-state index in [1.54, 1.807) is 0 Å². The molecular formula is C27H36F2N2O. The third kappa shape index (κ3) is 3.84. The molecule has 0 aromatic heterocycles. The van der Waals surface area contributed by atoms with Crippen molar-refractivity contribution in [3.8, 4) is 0 Å². The van der Waals surface area contributed by atoms with Crippen LogP contribution in [0.1, 0.15) is 57.7 Å². The normalized spacial score (nSPS) is 25.3. The standard InChI is InChI=1S/C27H36F2N2O/c1-6-30-24-12-7-9-21-19(24)15-25-26(3,4)27(21,5)13-14-31(25)16-18(2)32-17-20-22(28)10-8-11-23(20)29/h7-12,18,25,30H,6,13-17H2,1-5H3. The SMILES string of the molecule is CCNc1cccc2c1CC1N(CC(C)OCc3c(F)cccc3F)CCC2(C)C1(C)C. The summed E-state index contributed by atoms with van der Waals surface area (Å²) in [5.74, 6) is -1.10. The van der Waals surface area contributed by atoms with Crippen LogP contribution >= 0.6 is 0 Å². The molecule has 0 amide bonds. The van der Waals surface area contributed by atoms with Crippen LogP contribution in [-0.2, 0) is 23.2 Å². The zero-order chi connectivity index (χ0) is 23.1. The predicted octanol–water partition coefficient (Wildman–Crippen LogP) is 5.92. The maximum Gasteiger partial charge on any atom is 0.131 e. The van der Waals surface area contributed by atoms with Gasteiger partial charge in [0.25, 0.3) is 0 Å². The lowest BCUT2D eigenvalue weighted by molar-refractivity contribution is -0.0651. The number of nitrogens with one attached hydrogen (secondary N) is 1. The number of fused-ring (bicyclic) bond motifs is 4. The Bertz CT molecular complexity index is 956. The molecule has 4 rings (SSSR count). The van der Waals surface area contributed by atoms with E-state index in [0.29, 0.717) is 6.04 Å². The Kier molecular flexibility index (Phi) is 6.34. The van der Waals surface area contributed by atoms with Crippen molar-refractivity contribution in [2.24, 2.45) is 5.41 Å². The quantitative estimate of drug-likeness (QED) is 0.576. The summed E-state index contributed by atoms with van der Waals surface area (Å²) in [4.78, 5) is 2.54. The lowest BCUT2D eigenvalue weighted by Crippen LogP contribution is -2.64. The minimum Gasteiger partial charge on any atom is -0.385 e. The molecule has 2 aromatic carbocycles. The molecule has 1 fully saturated rings. The summed E-state index contributed by atoms with van der Waals surface area (Å²) in [6, 6.07) is 11.0. The van der Waals surface area contributed by atoms with Crippen molar-refractivity contribution in [1.82, 2.24) is 4.90 Å². The first-order chi connectivity index (χ1) is 15.2. The largest absolute Gasteiger partial charge is 0.385 e. The number of piperidine rings is 1. The highest BCUT2D eigenvalue weighted by atomic mass is 19.1. The van der Waals surface area contributed by atoms with Crippen molar-refractivity contribution in [3.05, 3.63) is 64.7 Å². The lowest BCUT2D eigenvalue weighted by Gasteiger charge is -2.61. The average molecular weight is 443 g/mol. The third-order valence-corrected chi connectivity index (χ3v) is 8.20.